The van der Waals surface area contributed by atoms with Gasteiger partial charge < -0.3 is 0 Å². The van der Waals surface area contributed by atoms with E-state index in [9.17, 15) is 5.11 Å². The predicted octanol–water partition coefficient (Wildman–Crippen LogP) is 1.10. The SMILES string of the molecule is C[CH](O)[Zn][CH](O)c1ccccc1. The molecule has 0 amide bonds. The van der Waals surface area contributed by atoms with Gasteiger partial charge >= 0.3 is 79.6 Å². The van der Waals surface area contributed by atoms with Crippen molar-refractivity contribution in [2.75, 3.05) is 0 Å². The van der Waals surface area contributed by atoms with E-state index in [2.05, 4.69) is 0 Å². The van der Waals surface area contributed by atoms with Gasteiger partial charge in [0, 0.05) is 0 Å². The maximum absolute atomic E-state index is 9.61. The molecule has 1 rings (SSSR count). The summed E-state index contributed by atoms with van der Waals surface area (Å²) >= 11 is -1.24. The summed E-state index contributed by atoms with van der Waals surface area (Å²) < 4.78 is -0.633. The normalized spacial score (nSPS) is 14.9. The van der Waals surface area contributed by atoms with Crippen molar-refractivity contribution in [3.63, 3.8) is 0 Å². The van der Waals surface area contributed by atoms with Crippen molar-refractivity contribution >= 4 is 0 Å². The zero-order valence-corrected chi connectivity index (χ0v) is 10.1. The van der Waals surface area contributed by atoms with Gasteiger partial charge in [0.05, 0.1) is 0 Å². The Kier molecular flexibility index (Phi) is 3.86. The van der Waals surface area contributed by atoms with Gasteiger partial charge in [0.1, 0.15) is 0 Å². The molecule has 1 aromatic rings. The summed E-state index contributed by atoms with van der Waals surface area (Å²) in [5.74, 6) is 0. The summed E-state index contributed by atoms with van der Waals surface area (Å²) in [6, 6.07) is 9.54. The van der Waals surface area contributed by atoms with E-state index in [1.807, 2.05) is 30.3 Å². The van der Waals surface area contributed by atoms with Crippen LogP contribution in [0.1, 0.15) is 17.2 Å². The van der Waals surface area contributed by atoms with Crippen molar-refractivity contribution in [3.8, 4) is 0 Å². The Morgan fingerprint density at radius 1 is 1.17 bits per heavy atom. The third-order valence-corrected chi connectivity index (χ3v) is 5.11. The molecular formula is C9H12O2Zn. The average Bonchev–Trinajstić information content (AvgIpc) is 2.05. The van der Waals surface area contributed by atoms with E-state index >= 15 is 0 Å². The van der Waals surface area contributed by atoms with E-state index in [0.717, 1.165) is 5.56 Å². The van der Waals surface area contributed by atoms with Crippen molar-refractivity contribution in [1.29, 1.82) is 0 Å². The molecule has 0 aromatic heterocycles. The molecule has 0 saturated heterocycles. The molecule has 0 spiro atoms. The second kappa shape index (κ2) is 4.71. The molecule has 0 fully saturated rings. The molecule has 62 valence electrons. The van der Waals surface area contributed by atoms with Crippen LogP contribution in [0.3, 0.4) is 0 Å². The molecule has 2 unspecified atom stereocenters. The van der Waals surface area contributed by atoms with Crippen LogP contribution in [0.25, 0.3) is 0 Å². The van der Waals surface area contributed by atoms with Crippen LogP contribution in [0.5, 0.6) is 0 Å². The summed E-state index contributed by atoms with van der Waals surface area (Å²) in [6.45, 7) is 1.76. The van der Waals surface area contributed by atoms with Crippen LogP contribution < -0.4 is 0 Å². The van der Waals surface area contributed by atoms with Crippen LogP contribution in [0.15, 0.2) is 30.3 Å². The standard InChI is InChI=1S/C7H7O.C2H5O.Zn/c8-6-7-4-2-1-3-5-7;1-2-3;/h1-6,8H;2-3H,1H3;. The Labute approximate surface area is 79.8 Å². The predicted molar refractivity (Wildman–Crippen MR) is 43.1 cm³/mol. The van der Waals surface area contributed by atoms with E-state index in [1.165, 1.54) is 0 Å². The summed E-state index contributed by atoms with van der Waals surface area (Å²) in [7, 11) is 0. The number of hydrogen-bond acceptors (Lipinski definition) is 2. The van der Waals surface area contributed by atoms with Gasteiger partial charge in [-0.25, -0.2) is 0 Å². The maximum atomic E-state index is 9.61. The topological polar surface area (TPSA) is 40.5 Å². The zero-order chi connectivity index (χ0) is 8.97. The van der Waals surface area contributed by atoms with Crippen LogP contribution >= 0.6 is 0 Å². The summed E-state index contributed by atoms with van der Waals surface area (Å²) in [4.78, 5) is 0. The summed E-state index contributed by atoms with van der Waals surface area (Å²) in [6.07, 6.45) is 0. The molecule has 2 atom stereocenters. The van der Waals surface area contributed by atoms with Gasteiger partial charge in [0.25, 0.3) is 0 Å². The van der Waals surface area contributed by atoms with E-state index in [0.29, 0.717) is 0 Å². The second-order valence-electron chi connectivity index (χ2n) is 3.01. The Balaban J connectivity index is 2.59. The van der Waals surface area contributed by atoms with Gasteiger partial charge in [0.2, 0.25) is 0 Å². The quantitative estimate of drug-likeness (QED) is 0.745. The Morgan fingerprint density at radius 2 is 1.75 bits per heavy atom. The fourth-order valence-electron chi connectivity index (χ4n) is 1.13. The number of hydrogen-bond donors (Lipinski definition) is 2. The third kappa shape index (κ3) is 3.02. The van der Waals surface area contributed by atoms with Crippen molar-refractivity contribution < 1.29 is 27.3 Å². The molecule has 0 saturated carbocycles. The van der Waals surface area contributed by atoms with Crippen molar-refractivity contribution in [3.05, 3.63) is 35.9 Å². The molecule has 12 heavy (non-hydrogen) atoms. The molecule has 0 aliphatic heterocycles. The van der Waals surface area contributed by atoms with E-state index in [-0.39, 0.29) is 9.40 Å². The molecule has 0 bridgehead atoms. The molecule has 0 aliphatic rings. The first-order valence-corrected chi connectivity index (χ1v) is 7.54. The number of rotatable bonds is 3. The first-order valence-electron chi connectivity index (χ1n) is 4.11. The molecule has 3 heteroatoms. The van der Waals surface area contributed by atoms with Gasteiger partial charge in [-0.05, 0) is 0 Å². The van der Waals surface area contributed by atoms with Crippen molar-refractivity contribution in [1.82, 2.24) is 0 Å². The molecule has 2 N–H and O–H groups in total. The van der Waals surface area contributed by atoms with E-state index in [4.69, 9.17) is 5.11 Å². The minimum absolute atomic E-state index is 0.271. The third-order valence-electron chi connectivity index (χ3n) is 1.75. The zero-order valence-electron chi connectivity index (χ0n) is 7.14. The fraction of sp³-hybridized carbons (Fsp3) is 0.333. The van der Waals surface area contributed by atoms with E-state index < -0.39 is 17.1 Å². The van der Waals surface area contributed by atoms with Crippen LogP contribution in [0.2, 0.25) is 0 Å². The number of aliphatic hydroxyl groups is 2. The number of aliphatic hydroxyl groups excluding tert-OH is 2. The van der Waals surface area contributed by atoms with E-state index in [1.54, 1.807) is 6.92 Å². The minimum atomic E-state index is -1.24. The van der Waals surface area contributed by atoms with Crippen LogP contribution in [0, 0.1) is 0 Å². The molecule has 0 heterocycles. The summed E-state index contributed by atoms with van der Waals surface area (Å²) in [5, 5.41) is 18.7. The van der Waals surface area contributed by atoms with Gasteiger partial charge in [-0.15, -0.1) is 0 Å². The molecule has 2 nitrogen and oxygen atoms in total. The molecule has 0 radical (unpaired) electrons. The van der Waals surface area contributed by atoms with Crippen LogP contribution in [0.4, 0.5) is 0 Å². The van der Waals surface area contributed by atoms with Gasteiger partial charge in [-0.1, -0.05) is 0 Å². The Hall–Kier alpha value is -0.237. The molecule has 1 aromatic carbocycles. The second-order valence-corrected chi connectivity index (χ2v) is 8.10. The molecular weight excluding hydrogens is 205 g/mol. The van der Waals surface area contributed by atoms with Crippen LogP contribution in [-0.4, -0.2) is 14.9 Å². The average molecular weight is 218 g/mol. The monoisotopic (exact) mass is 216 g/mol. The van der Waals surface area contributed by atoms with Crippen molar-refractivity contribution in [2.24, 2.45) is 0 Å². The van der Waals surface area contributed by atoms with Crippen LogP contribution in [-0.2, 0) is 17.1 Å². The first kappa shape index (κ1) is 9.85. The summed E-state index contributed by atoms with van der Waals surface area (Å²) in [5.41, 5.74) is 0.943. The van der Waals surface area contributed by atoms with Crippen molar-refractivity contribution in [2.45, 2.75) is 16.3 Å². The Bertz CT molecular complexity index is 223. The van der Waals surface area contributed by atoms with Gasteiger partial charge in [-0.2, -0.15) is 0 Å². The fourth-order valence-corrected chi connectivity index (χ4v) is 3.63. The van der Waals surface area contributed by atoms with Gasteiger partial charge in [0.15, 0.2) is 0 Å². The Morgan fingerprint density at radius 3 is 2.25 bits per heavy atom. The number of benzene rings is 1. The molecule has 0 aliphatic carbocycles. The van der Waals surface area contributed by atoms with Gasteiger partial charge in [-0.3, -0.25) is 0 Å². The first-order chi connectivity index (χ1) is 5.70.